The normalized spacial score (nSPS) is 29.0. The van der Waals surface area contributed by atoms with E-state index < -0.39 is 11.4 Å². The molecule has 0 heterocycles. The quantitative estimate of drug-likeness (QED) is 0.722. The van der Waals surface area contributed by atoms with Crippen molar-refractivity contribution in [3.8, 4) is 0 Å². The van der Waals surface area contributed by atoms with Gasteiger partial charge in [-0.05, 0) is 25.2 Å². The number of amides is 1. The minimum Gasteiger partial charge on any atom is -0.481 e. The fourth-order valence-corrected chi connectivity index (χ4v) is 2.55. The van der Waals surface area contributed by atoms with Crippen LogP contribution in [-0.4, -0.2) is 29.1 Å². The molecule has 1 saturated carbocycles. The monoisotopic (exact) mass is 270 g/mol. The standard InChI is InChI=1S/C14H26N2O3/c1-13(2,3)10(8-11(17)18)16-12(19)14(4)7-5-6-9(14)15/h9-10H,5-8,15H2,1-4H3,(H,16,19)(H,17,18). The van der Waals surface area contributed by atoms with Crippen molar-refractivity contribution >= 4 is 11.9 Å². The first kappa shape index (κ1) is 16.0. The number of carboxylic acid groups (broad SMARTS) is 1. The van der Waals surface area contributed by atoms with Crippen LogP contribution in [0.25, 0.3) is 0 Å². The molecule has 1 amide bonds. The molecule has 0 saturated heterocycles. The van der Waals surface area contributed by atoms with Crippen molar-refractivity contribution in [1.82, 2.24) is 5.32 Å². The van der Waals surface area contributed by atoms with Crippen molar-refractivity contribution in [2.75, 3.05) is 0 Å². The van der Waals surface area contributed by atoms with Crippen LogP contribution in [0, 0.1) is 10.8 Å². The Hall–Kier alpha value is -1.10. The lowest BCUT2D eigenvalue weighted by atomic mass is 9.81. The molecule has 5 heteroatoms. The summed E-state index contributed by atoms with van der Waals surface area (Å²) in [5.74, 6) is -1.01. The molecule has 0 spiro atoms. The van der Waals surface area contributed by atoms with E-state index >= 15 is 0 Å². The summed E-state index contributed by atoms with van der Waals surface area (Å²) in [5, 5.41) is 11.9. The van der Waals surface area contributed by atoms with Crippen LogP contribution in [0.1, 0.15) is 53.4 Å². The number of nitrogens with one attached hydrogen (secondary N) is 1. The van der Waals surface area contributed by atoms with Crippen molar-refractivity contribution in [2.45, 2.75) is 65.5 Å². The van der Waals surface area contributed by atoms with Crippen molar-refractivity contribution in [3.63, 3.8) is 0 Å². The summed E-state index contributed by atoms with van der Waals surface area (Å²) < 4.78 is 0. The smallest absolute Gasteiger partial charge is 0.305 e. The van der Waals surface area contributed by atoms with E-state index in [1.165, 1.54) is 0 Å². The predicted molar refractivity (Wildman–Crippen MR) is 73.6 cm³/mol. The highest BCUT2D eigenvalue weighted by molar-refractivity contribution is 5.84. The van der Waals surface area contributed by atoms with Gasteiger partial charge in [0.05, 0.1) is 11.8 Å². The number of aliphatic carboxylic acids is 1. The van der Waals surface area contributed by atoms with Gasteiger partial charge in [0.15, 0.2) is 0 Å². The Balaban J connectivity index is 2.79. The number of carboxylic acids is 1. The topological polar surface area (TPSA) is 92.4 Å². The summed E-state index contributed by atoms with van der Waals surface area (Å²) in [6, 6.07) is -0.528. The Morgan fingerprint density at radius 1 is 1.47 bits per heavy atom. The first-order chi connectivity index (χ1) is 8.57. The summed E-state index contributed by atoms with van der Waals surface area (Å²) >= 11 is 0. The van der Waals surface area contributed by atoms with Gasteiger partial charge in [0, 0.05) is 12.1 Å². The zero-order chi connectivity index (χ0) is 14.8. The highest BCUT2D eigenvalue weighted by Gasteiger charge is 2.44. The maximum Gasteiger partial charge on any atom is 0.305 e. The molecule has 1 fully saturated rings. The first-order valence-electron chi connectivity index (χ1n) is 6.85. The zero-order valence-electron chi connectivity index (χ0n) is 12.3. The second kappa shape index (κ2) is 5.49. The lowest BCUT2D eigenvalue weighted by Crippen LogP contribution is -2.53. The Morgan fingerprint density at radius 2 is 2.05 bits per heavy atom. The Labute approximate surface area is 114 Å². The second-order valence-electron chi connectivity index (χ2n) is 6.91. The number of rotatable bonds is 4. The minimum atomic E-state index is -0.902. The van der Waals surface area contributed by atoms with E-state index in [1.807, 2.05) is 27.7 Å². The molecular formula is C14H26N2O3. The fraction of sp³-hybridized carbons (Fsp3) is 0.857. The van der Waals surface area contributed by atoms with E-state index in [9.17, 15) is 9.59 Å². The highest BCUT2D eigenvalue weighted by atomic mass is 16.4. The molecule has 0 radical (unpaired) electrons. The fourth-order valence-electron chi connectivity index (χ4n) is 2.55. The molecule has 0 aromatic rings. The largest absolute Gasteiger partial charge is 0.481 e. The molecule has 0 aromatic heterocycles. The molecule has 19 heavy (non-hydrogen) atoms. The van der Waals surface area contributed by atoms with E-state index in [4.69, 9.17) is 10.8 Å². The molecule has 1 rings (SSSR count). The van der Waals surface area contributed by atoms with Gasteiger partial charge in [-0.3, -0.25) is 9.59 Å². The molecular weight excluding hydrogens is 244 g/mol. The molecule has 3 atom stereocenters. The van der Waals surface area contributed by atoms with Gasteiger partial charge >= 0.3 is 5.97 Å². The number of hydrogen-bond acceptors (Lipinski definition) is 3. The number of carbonyl (C=O) groups excluding carboxylic acids is 1. The number of nitrogens with two attached hydrogens (primary N) is 1. The van der Waals surface area contributed by atoms with Gasteiger partial charge in [-0.2, -0.15) is 0 Å². The molecule has 0 aliphatic heterocycles. The lowest BCUT2D eigenvalue weighted by molar-refractivity contribution is -0.139. The van der Waals surface area contributed by atoms with Crippen LogP contribution in [0.5, 0.6) is 0 Å². The first-order valence-corrected chi connectivity index (χ1v) is 6.85. The highest BCUT2D eigenvalue weighted by Crippen LogP contribution is 2.37. The molecule has 110 valence electrons. The Kier molecular flexibility index (Phi) is 4.61. The molecule has 5 nitrogen and oxygen atoms in total. The average Bonchev–Trinajstić information content (AvgIpc) is 2.57. The van der Waals surface area contributed by atoms with Gasteiger partial charge in [0.1, 0.15) is 0 Å². The summed E-state index contributed by atoms with van der Waals surface area (Å²) in [6.45, 7) is 7.66. The summed E-state index contributed by atoms with van der Waals surface area (Å²) in [5.41, 5.74) is 5.16. The van der Waals surface area contributed by atoms with Gasteiger partial charge in [0.2, 0.25) is 5.91 Å². The van der Waals surface area contributed by atoms with Crippen LogP contribution >= 0.6 is 0 Å². The third-order valence-corrected chi connectivity index (χ3v) is 4.28. The van der Waals surface area contributed by atoms with Crippen LogP contribution in [0.4, 0.5) is 0 Å². The molecule has 0 bridgehead atoms. The minimum absolute atomic E-state index is 0.0689. The van der Waals surface area contributed by atoms with Crippen molar-refractivity contribution < 1.29 is 14.7 Å². The van der Waals surface area contributed by atoms with E-state index in [-0.39, 0.29) is 29.8 Å². The maximum absolute atomic E-state index is 12.4. The van der Waals surface area contributed by atoms with Gasteiger partial charge < -0.3 is 16.2 Å². The maximum atomic E-state index is 12.4. The Morgan fingerprint density at radius 3 is 2.42 bits per heavy atom. The van der Waals surface area contributed by atoms with Gasteiger partial charge in [-0.25, -0.2) is 0 Å². The van der Waals surface area contributed by atoms with Crippen molar-refractivity contribution in [2.24, 2.45) is 16.6 Å². The average molecular weight is 270 g/mol. The summed E-state index contributed by atoms with van der Waals surface area (Å²) in [7, 11) is 0. The van der Waals surface area contributed by atoms with E-state index in [1.54, 1.807) is 0 Å². The molecule has 1 aliphatic carbocycles. The Bertz CT molecular complexity index is 362. The SMILES string of the molecule is CC(C)(C)C(CC(=O)O)NC(=O)C1(C)CCCC1N. The van der Waals surface area contributed by atoms with E-state index in [0.29, 0.717) is 0 Å². The van der Waals surface area contributed by atoms with Crippen molar-refractivity contribution in [3.05, 3.63) is 0 Å². The van der Waals surface area contributed by atoms with E-state index in [0.717, 1.165) is 19.3 Å². The van der Waals surface area contributed by atoms with Crippen LogP contribution in [0.3, 0.4) is 0 Å². The lowest BCUT2D eigenvalue weighted by Gasteiger charge is -2.35. The van der Waals surface area contributed by atoms with Crippen LogP contribution in [0.15, 0.2) is 0 Å². The zero-order valence-corrected chi connectivity index (χ0v) is 12.3. The number of hydrogen-bond donors (Lipinski definition) is 3. The van der Waals surface area contributed by atoms with Crippen LogP contribution in [-0.2, 0) is 9.59 Å². The summed E-state index contributed by atoms with van der Waals surface area (Å²) in [4.78, 5) is 23.4. The molecule has 3 unspecified atom stereocenters. The molecule has 1 aliphatic rings. The van der Waals surface area contributed by atoms with Crippen LogP contribution < -0.4 is 11.1 Å². The predicted octanol–water partition coefficient (Wildman–Crippen LogP) is 1.51. The summed E-state index contributed by atoms with van der Waals surface area (Å²) in [6.07, 6.45) is 2.50. The van der Waals surface area contributed by atoms with Gasteiger partial charge in [0.25, 0.3) is 0 Å². The third kappa shape index (κ3) is 3.69. The van der Waals surface area contributed by atoms with Gasteiger partial charge in [-0.15, -0.1) is 0 Å². The van der Waals surface area contributed by atoms with Crippen LogP contribution in [0.2, 0.25) is 0 Å². The second-order valence-corrected chi connectivity index (χ2v) is 6.91. The van der Waals surface area contributed by atoms with E-state index in [2.05, 4.69) is 5.32 Å². The third-order valence-electron chi connectivity index (χ3n) is 4.28. The molecule has 4 N–H and O–H groups in total. The van der Waals surface area contributed by atoms with Crippen molar-refractivity contribution in [1.29, 1.82) is 0 Å². The van der Waals surface area contributed by atoms with Gasteiger partial charge in [-0.1, -0.05) is 27.2 Å². The number of carbonyl (C=O) groups is 2. The molecule has 0 aromatic carbocycles.